The van der Waals surface area contributed by atoms with Crippen molar-refractivity contribution >= 4 is 102 Å². The molecule has 0 radical (unpaired) electrons. The van der Waals surface area contributed by atoms with Crippen LogP contribution in [0.15, 0.2) is 255 Å². The second kappa shape index (κ2) is 24.0. The van der Waals surface area contributed by atoms with E-state index in [1.807, 2.05) is 24.3 Å². The van der Waals surface area contributed by atoms with Crippen LogP contribution in [0.4, 0.5) is 0 Å². The van der Waals surface area contributed by atoms with Crippen molar-refractivity contribution < 1.29 is 44.8 Å². The Labute approximate surface area is 445 Å². The van der Waals surface area contributed by atoms with E-state index >= 15 is 0 Å². The topological polar surface area (TPSA) is 0 Å². The van der Waals surface area contributed by atoms with Crippen LogP contribution >= 0.6 is 15.8 Å². The first-order chi connectivity index (χ1) is 33.7. The summed E-state index contributed by atoms with van der Waals surface area (Å²) in [7, 11) is -1.57. The molecule has 12 aromatic rings. The maximum atomic E-state index is 7.56. The van der Waals surface area contributed by atoms with Crippen molar-refractivity contribution in [2.24, 2.45) is 0 Å². The Hall–Kier alpha value is -6.34. The molecule has 0 aliphatic carbocycles. The van der Waals surface area contributed by atoms with E-state index in [9.17, 15) is 0 Å². The van der Waals surface area contributed by atoms with E-state index in [2.05, 4.69) is 242 Å². The van der Waals surface area contributed by atoms with Crippen LogP contribution in [-0.2, 0) is 44.8 Å². The molecule has 0 saturated heterocycles. The largest absolute Gasteiger partial charge is 1.00 e. The third-order valence-corrected chi connectivity index (χ3v) is 19.0. The van der Waals surface area contributed by atoms with Gasteiger partial charge in [0.2, 0.25) is 0 Å². The third-order valence-electron chi connectivity index (χ3n) is 12.9. The first-order valence-electron chi connectivity index (χ1n) is 23.1. The van der Waals surface area contributed by atoms with Gasteiger partial charge in [0.15, 0.2) is 0 Å². The molecule has 0 aliphatic rings. The number of hydrogen-bond acceptors (Lipinski definition) is 0. The SMILES string of the molecule is [Au+].[Au+].[C-]#Cc1cc2c3ccccc3ccc2c2ccccc12.[C-]#Cc1cc2c3ccccc3ccc2c2ccccc12.c1ccc([PH+](CC[PH+](c2ccccc2)c2ccccc2)c2ccccc2)cc1. The molecule has 0 heterocycles. The second-order valence-corrected chi connectivity index (χ2v) is 22.1. The van der Waals surface area contributed by atoms with E-state index in [1.165, 1.54) is 87.4 Å². The Morgan fingerprint density at radius 1 is 0.257 bits per heavy atom. The van der Waals surface area contributed by atoms with Crippen molar-refractivity contribution in [3.8, 4) is 11.8 Å². The van der Waals surface area contributed by atoms with E-state index in [4.69, 9.17) is 12.8 Å². The first kappa shape index (κ1) is 50.1. The summed E-state index contributed by atoms with van der Waals surface area (Å²) in [6.07, 6.45) is 17.6. The molecular formula is C66H48Au2P2+2. The van der Waals surface area contributed by atoms with Crippen LogP contribution in [0.25, 0.3) is 64.6 Å². The summed E-state index contributed by atoms with van der Waals surface area (Å²) in [6.45, 7) is 0. The maximum absolute atomic E-state index is 7.56. The number of fused-ring (bicyclic) bond motifs is 10. The van der Waals surface area contributed by atoms with Crippen LogP contribution in [0.3, 0.4) is 0 Å². The Kier molecular flexibility index (Phi) is 17.2. The third kappa shape index (κ3) is 10.8. The molecule has 0 nitrogen and oxygen atoms in total. The van der Waals surface area contributed by atoms with Crippen molar-refractivity contribution in [3.63, 3.8) is 0 Å². The van der Waals surface area contributed by atoms with Crippen LogP contribution in [0.1, 0.15) is 11.1 Å². The molecule has 12 aromatic carbocycles. The zero-order valence-electron chi connectivity index (χ0n) is 38.3. The number of benzene rings is 12. The summed E-state index contributed by atoms with van der Waals surface area (Å²) in [5.41, 5.74) is 1.70. The second-order valence-electron chi connectivity index (χ2n) is 16.9. The van der Waals surface area contributed by atoms with Gasteiger partial charge < -0.3 is 12.8 Å². The molecule has 0 aromatic heterocycles. The van der Waals surface area contributed by atoms with E-state index in [1.54, 1.807) is 0 Å². The van der Waals surface area contributed by atoms with Gasteiger partial charge in [0.05, 0.1) is 37.1 Å². The fourth-order valence-electron chi connectivity index (χ4n) is 9.65. The van der Waals surface area contributed by atoms with Gasteiger partial charge in [-0.25, -0.2) is 0 Å². The zero-order chi connectivity index (χ0) is 46.1. The summed E-state index contributed by atoms with van der Waals surface area (Å²) in [6, 6.07) is 90.5. The molecule has 0 fully saturated rings. The van der Waals surface area contributed by atoms with Crippen LogP contribution in [-0.4, -0.2) is 12.3 Å². The van der Waals surface area contributed by atoms with Crippen molar-refractivity contribution in [2.45, 2.75) is 0 Å². The minimum Gasteiger partial charge on any atom is -0.366 e. The molecule has 0 unspecified atom stereocenters. The molecule has 0 saturated carbocycles. The van der Waals surface area contributed by atoms with Gasteiger partial charge in [-0.3, -0.25) is 11.8 Å². The summed E-state index contributed by atoms with van der Waals surface area (Å²) < 4.78 is 0. The van der Waals surface area contributed by atoms with E-state index in [0.29, 0.717) is 0 Å². The fourth-order valence-corrected chi connectivity index (χ4v) is 15.8. The van der Waals surface area contributed by atoms with Gasteiger partial charge in [0.25, 0.3) is 0 Å². The standard InChI is InChI=1S/C26H24P2.2C20H11.2Au/c1-5-13-23(14-6-1)27(24-15-7-2-8-16-24)21-22-28(25-17-9-3-10-18-25)26-19-11-4-12-20-26;2*1-2-14-13-20-17-9-4-3-7-15(17)11-12-19(20)18-10-6-5-8-16(14)18;;/h1-20H,21-22H2;2*3-13H;;/q;2*-1;2*+1/p+2. The molecule has 342 valence electrons. The monoisotopic (exact) mass is 1300 g/mol. The Balaban J connectivity index is 0.000000142. The van der Waals surface area contributed by atoms with Gasteiger partial charge >= 0.3 is 44.8 Å². The molecule has 0 spiro atoms. The van der Waals surface area contributed by atoms with Gasteiger partial charge in [0.1, 0.15) is 12.3 Å². The van der Waals surface area contributed by atoms with Crippen molar-refractivity contribution in [2.75, 3.05) is 12.3 Å². The van der Waals surface area contributed by atoms with Crippen LogP contribution < -0.4 is 21.2 Å². The smallest absolute Gasteiger partial charge is 0.366 e. The first-order valence-corrected chi connectivity index (χ1v) is 26.5. The molecule has 0 N–H and O–H groups in total. The Morgan fingerprint density at radius 3 is 0.829 bits per heavy atom. The van der Waals surface area contributed by atoms with Gasteiger partial charge in [-0.15, -0.1) is 23.3 Å². The number of rotatable bonds is 7. The predicted octanol–water partition coefficient (Wildman–Crippen LogP) is 14.9. The molecule has 0 aliphatic heterocycles. The minimum absolute atomic E-state index is 0. The van der Waals surface area contributed by atoms with Gasteiger partial charge in [-0.05, 0) is 102 Å². The summed E-state index contributed by atoms with van der Waals surface area (Å²) in [5, 5.41) is 20.4. The average molecular weight is 1300 g/mol. The Bertz CT molecular complexity index is 3440. The predicted molar refractivity (Wildman–Crippen MR) is 301 cm³/mol. The summed E-state index contributed by atoms with van der Waals surface area (Å²) in [4.78, 5) is 0. The van der Waals surface area contributed by atoms with Gasteiger partial charge in [0, 0.05) is 0 Å². The van der Waals surface area contributed by atoms with Crippen LogP contribution in [0.2, 0.25) is 0 Å². The molecule has 0 atom stereocenters. The van der Waals surface area contributed by atoms with Crippen molar-refractivity contribution in [1.29, 1.82) is 0 Å². The van der Waals surface area contributed by atoms with Crippen molar-refractivity contribution in [1.82, 2.24) is 0 Å². The molecule has 4 heteroatoms. The summed E-state index contributed by atoms with van der Waals surface area (Å²) in [5.74, 6) is 5.15. The summed E-state index contributed by atoms with van der Waals surface area (Å²) >= 11 is 0. The van der Waals surface area contributed by atoms with Crippen molar-refractivity contribution in [3.05, 3.63) is 279 Å². The normalized spacial score (nSPS) is 10.7. The van der Waals surface area contributed by atoms with E-state index in [-0.39, 0.29) is 44.8 Å². The van der Waals surface area contributed by atoms with Gasteiger partial charge in [-0.2, -0.15) is 0 Å². The maximum Gasteiger partial charge on any atom is 1.00 e. The number of hydrogen-bond donors (Lipinski definition) is 0. The van der Waals surface area contributed by atoms with Crippen LogP contribution in [0, 0.1) is 24.7 Å². The molecule has 0 amide bonds. The molecule has 70 heavy (non-hydrogen) atoms. The Morgan fingerprint density at radius 2 is 0.514 bits per heavy atom. The average Bonchev–Trinajstić information content (AvgIpc) is 3.42. The van der Waals surface area contributed by atoms with Gasteiger partial charge in [-0.1, -0.05) is 205 Å². The van der Waals surface area contributed by atoms with Crippen LogP contribution in [0.5, 0.6) is 0 Å². The quantitative estimate of drug-likeness (QED) is 0.0490. The molecular weight excluding hydrogens is 1250 g/mol. The molecule has 0 bridgehead atoms. The minimum atomic E-state index is -0.783. The molecule has 12 rings (SSSR count). The van der Waals surface area contributed by atoms with E-state index in [0.717, 1.165) is 21.9 Å². The zero-order valence-corrected chi connectivity index (χ0v) is 44.6. The fraction of sp³-hybridized carbons (Fsp3) is 0.0303. The van der Waals surface area contributed by atoms with E-state index < -0.39 is 15.8 Å².